The monoisotopic (exact) mass is 234 g/mol. The Morgan fingerprint density at radius 1 is 1.47 bits per heavy atom. The second-order valence-corrected chi connectivity index (χ2v) is 3.22. The number of rotatable bonds is 5. The number of esters is 1. The lowest BCUT2D eigenvalue weighted by atomic mass is 10.2. The minimum atomic E-state index is -0.464. The molecule has 0 spiro atoms. The van der Waals surface area contributed by atoms with Crippen LogP contribution in [0.4, 0.5) is 5.69 Å². The third kappa shape index (κ3) is 4.08. The SMILES string of the molecule is C=CCOC(=O)c1cccc(NC(=O)CN)c1. The summed E-state index contributed by atoms with van der Waals surface area (Å²) < 4.78 is 4.87. The third-order valence-electron chi connectivity index (χ3n) is 1.90. The minimum Gasteiger partial charge on any atom is -0.458 e. The standard InChI is InChI=1S/C12H14N2O3/c1-2-6-17-12(16)9-4-3-5-10(7-9)14-11(15)8-13/h2-5,7H,1,6,8,13H2,(H,14,15). The Bertz CT molecular complexity index is 430. The van der Waals surface area contributed by atoms with Gasteiger partial charge in [-0.15, -0.1) is 0 Å². The van der Waals surface area contributed by atoms with Crippen LogP contribution >= 0.6 is 0 Å². The lowest BCUT2D eigenvalue weighted by molar-refractivity contribution is -0.114. The second kappa shape index (κ2) is 6.44. The van der Waals surface area contributed by atoms with Gasteiger partial charge in [0.2, 0.25) is 5.91 Å². The van der Waals surface area contributed by atoms with E-state index < -0.39 is 5.97 Å². The van der Waals surface area contributed by atoms with Gasteiger partial charge in [0.25, 0.3) is 0 Å². The number of ether oxygens (including phenoxy) is 1. The molecule has 0 saturated carbocycles. The summed E-state index contributed by atoms with van der Waals surface area (Å²) in [4.78, 5) is 22.6. The summed E-state index contributed by atoms with van der Waals surface area (Å²) in [6, 6.07) is 6.44. The summed E-state index contributed by atoms with van der Waals surface area (Å²) in [6.07, 6.45) is 1.48. The molecule has 5 heteroatoms. The van der Waals surface area contributed by atoms with Crippen LogP contribution in [0.15, 0.2) is 36.9 Å². The zero-order valence-electron chi connectivity index (χ0n) is 9.31. The molecule has 1 aromatic carbocycles. The van der Waals surface area contributed by atoms with Gasteiger partial charge in [0.1, 0.15) is 6.61 Å². The molecule has 0 bridgehead atoms. The van der Waals surface area contributed by atoms with Gasteiger partial charge < -0.3 is 15.8 Å². The van der Waals surface area contributed by atoms with E-state index in [9.17, 15) is 9.59 Å². The smallest absolute Gasteiger partial charge is 0.338 e. The van der Waals surface area contributed by atoms with Crippen LogP contribution in [0.2, 0.25) is 0 Å². The molecule has 1 rings (SSSR count). The number of carbonyl (C=O) groups is 2. The van der Waals surface area contributed by atoms with Gasteiger partial charge in [-0.1, -0.05) is 18.7 Å². The Labute approximate surface area is 99.3 Å². The Hall–Kier alpha value is -2.14. The molecule has 0 fully saturated rings. The van der Waals surface area contributed by atoms with Crippen molar-refractivity contribution in [1.82, 2.24) is 0 Å². The Morgan fingerprint density at radius 3 is 2.88 bits per heavy atom. The summed E-state index contributed by atoms with van der Waals surface area (Å²) in [5, 5.41) is 2.55. The highest BCUT2D eigenvalue weighted by atomic mass is 16.5. The first-order valence-electron chi connectivity index (χ1n) is 5.05. The number of hydrogen-bond acceptors (Lipinski definition) is 4. The van der Waals surface area contributed by atoms with E-state index in [0.29, 0.717) is 11.3 Å². The van der Waals surface area contributed by atoms with Gasteiger partial charge in [-0.2, -0.15) is 0 Å². The summed E-state index contributed by atoms with van der Waals surface area (Å²) in [5.74, 6) is -0.782. The van der Waals surface area contributed by atoms with E-state index in [2.05, 4.69) is 11.9 Å². The van der Waals surface area contributed by atoms with Gasteiger partial charge in [-0.3, -0.25) is 4.79 Å². The van der Waals surface area contributed by atoms with Crippen LogP contribution in [-0.2, 0) is 9.53 Å². The van der Waals surface area contributed by atoms with Crippen LogP contribution in [0.3, 0.4) is 0 Å². The van der Waals surface area contributed by atoms with Crippen LogP contribution in [0.25, 0.3) is 0 Å². The largest absolute Gasteiger partial charge is 0.458 e. The third-order valence-corrected chi connectivity index (χ3v) is 1.90. The van der Waals surface area contributed by atoms with Crippen LogP contribution in [0, 0.1) is 0 Å². The lowest BCUT2D eigenvalue weighted by Crippen LogP contribution is -2.22. The Kier molecular flexibility index (Phi) is 4.90. The molecular weight excluding hydrogens is 220 g/mol. The molecule has 0 aliphatic heterocycles. The van der Waals surface area contributed by atoms with Crippen molar-refractivity contribution in [2.24, 2.45) is 5.73 Å². The molecule has 1 aromatic rings. The predicted octanol–water partition coefficient (Wildman–Crippen LogP) is 0.927. The van der Waals surface area contributed by atoms with E-state index in [4.69, 9.17) is 10.5 Å². The van der Waals surface area contributed by atoms with E-state index in [1.807, 2.05) is 0 Å². The number of amides is 1. The number of hydrogen-bond donors (Lipinski definition) is 2. The number of nitrogens with one attached hydrogen (secondary N) is 1. The Morgan fingerprint density at radius 2 is 2.24 bits per heavy atom. The van der Waals surface area contributed by atoms with Crippen molar-refractivity contribution in [2.75, 3.05) is 18.5 Å². The summed E-state index contributed by atoms with van der Waals surface area (Å²) >= 11 is 0. The van der Waals surface area contributed by atoms with Crippen LogP contribution in [0.1, 0.15) is 10.4 Å². The average Bonchev–Trinajstić information content (AvgIpc) is 2.36. The molecule has 90 valence electrons. The first-order chi connectivity index (χ1) is 8.17. The molecule has 0 aliphatic carbocycles. The highest BCUT2D eigenvalue weighted by Crippen LogP contribution is 2.11. The van der Waals surface area contributed by atoms with Crippen LogP contribution in [0.5, 0.6) is 0 Å². The topological polar surface area (TPSA) is 81.4 Å². The van der Waals surface area contributed by atoms with Crippen molar-refractivity contribution < 1.29 is 14.3 Å². The summed E-state index contributed by atoms with van der Waals surface area (Å²) in [7, 11) is 0. The van der Waals surface area contributed by atoms with E-state index in [-0.39, 0.29) is 19.1 Å². The molecule has 5 nitrogen and oxygen atoms in total. The molecule has 0 radical (unpaired) electrons. The zero-order chi connectivity index (χ0) is 12.7. The predicted molar refractivity (Wildman–Crippen MR) is 64.6 cm³/mol. The van der Waals surface area contributed by atoms with Crippen LogP contribution < -0.4 is 11.1 Å². The van der Waals surface area contributed by atoms with Gasteiger partial charge in [-0.25, -0.2) is 4.79 Å². The van der Waals surface area contributed by atoms with E-state index >= 15 is 0 Å². The average molecular weight is 234 g/mol. The van der Waals surface area contributed by atoms with Gasteiger partial charge >= 0.3 is 5.97 Å². The van der Waals surface area contributed by atoms with Crippen molar-refractivity contribution >= 4 is 17.6 Å². The molecule has 0 aromatic heterocycles. The fraction of sp³-hybridized carbons (Fsp3) is 0.167. The normalized spacial score (nSPS) is 9.47. The van der Waals surface area contributed by atoms with Crippen molar-refractivity contribution in [3.63, 3.8) is 0 Å². The van der Waals surface area contributed by atoms with Crippen molar-refractivity contribution in [3.8, 4) is 0 Å². The Balaban J connectivity index is 2.74. The molecule has 1 amide bonds. The van der Waals surface area contributed by atoms with Gasteiger partial charge in [0, 0.05) is 5.69 Å². The summed E-state index contributed by atoms with van der Waals surface area (Å²) in [5.41, 5.74) is 6.04. The molecule has 0 aliphatic rings. The fourth-order valence-electron chi connectivity index (χ4n) is 1.15. The van der Waals surface area contributed by atoms with E-state index in [1.54, 1.807) is 18.2 Å². The molecule has 17 heavy (non-hydrogen) atoms. The zero-order valence-corrected chi connectivity index (χ0v) is 9.31. The van der Waals surface area contributed by atoms with Gasteiger partial charge in [0.15, 0.2) is 0 Å². The minimum absolute atomic E-state index is 0.106. The number of nitrogens with two attached hydrogens (primary N) is 1. The van der Waals surface area contributed by atoms with Crippen LogP contribution in [-0.4, -0.2) is 25.0 Å². The van der Waals surface area contributed by atoms with E-state index in [0.717, 1.165) is 0 Å². The molecule has 0 heterocycles. The second-order valence-electron chi connectivity index (χ2n) is 3.22. The van der Waals surface area contributed by atoms with Gasteiger partial charge in [-0.05, 0) is 18.2 Å². The molecular formula is C12H14N2O3. The number of carbonyl (C=O) groups excluding carboxylic acids is 2. The maximum atomic E-state index is 11.5. The molecule has 0 saturated heterocycles. The summed E-state index contributed by atoms with van der Waals surface area (Å²) in [6.45, 7) is 3.49. The number of anilines is 1. The highest BCUT2D eigenvalue weighted by molar-refractivity contribution is 5.95. The van der Waals surface area contributed by atoms with Gasteiger partial charge in [0.05, 0.1) is 12.1 Å². The van der Waals surface area contributed by atoms with Crippen molar-refractivity contribution in [3.05, 3.63) is 42.5 Å². The molecule has 0 atom stereocenters. The maximum Gasteiger partial charge on any atom is 0.338 e. The van der Waals surface area contributed by atoms with Crippen molar-refractivity contribution in [1.29, 1.82) is 0 Å². The lowest BCUT2D eigenvalue weighted by Gasteiger charge is -2.06. The highest BCUT2D eigenvalue weighted by Gasteiger charge is 2.07. The quantitative estimate of drug-likeness (QED) is 0.586. The van der Waals surface area contributed by atoms with E-state index in [1.165, 1.54) is 12.1 Å². The first kappa shape index (κ1) is 12.9. The van der Waals surface area contributed by atoms with Crippen molar-refractivity contribution in [2.45, 2.75) is 0 Å². The number of benzene rings is 1. The maximum absolute atomic E-state index is 11.5. The molecule has 3 N–H and O–H groups in total. The molecule has 0 unspecified atom stereocenters. The fourth-order valence-corrected chi connectivity index (χ4v) is 1.15. The first-order valence-corrected chi connectivity index (χ1v) is 5.05.